The zero-order valence-electron chi connectivity index (χ0n) is 16.1. The van der Waals surface area contributed by atoms with E-state index >= 15 is 0 Å². The molecule has 0 amide bonds. The highest BCUT2D eigenvalue weighted by molar-refractivity contribution is 7.90. The Kier molecular flexibility index (Phi) is 4.57. The van der Waals surface area contributed by atoms with Crippen molar-refractivity contribution in [3.63, 3.8) is 0 Å². The maximum Gasteiger partial charge on any atom is 0.336 e. The average Bonchev–Trinajstić information content (AvgIpc) is 3.15. The SMILES string of the molecule is CC(C)[C@@H]1CC[C@@H](C)C[C@@H]1OC(=O)C1=C2c3ccccc3S(=O)(=O)N2CC1. The molecule has 0 aromatic heterocycles. The van der Waals surface area contributed by atoms with Gasteiger partial charge in [0.2, 0.25) is 0 Å². The molecule has 4 rings (SSSR count). The van der Waals surface area contributed by atoms with Gasteiger partial charge >= 0.3 is 5.97 Å². The summed E-state index contributed by atoms with van der Waals surface area (Å²) in [5, 5.41) is 0. The predicted molar refractivity (Wildman–Crippen MR) is 103 cm³/mol. The van der Waals surface area contributed by atoms with Crippen LogP contribution in [0.1, 0.15) is 52.0 Å². The van der Waals surface area contributed by atoms with Gasteiger partial charge in [-0.1, -0.05) is 45.4 Å². The van der Waals surface area contributed by atoms with Gasteiger partial charge in [0, 0.05) is 18.5 Å². The molecule has 0 N–H and O–H groups in total. The highest BCUT2D eigenvalue weighted by Crippen LogP contribution is 2.45. The van der Waals surface area contributed by atoms with Gasteiger partial charge < -0.3 is 4.74 Å². The fourth-order valence-corrected chi connectivity index (χ4v) is 6.51. The summed E-state index contributed by atoms with van der Waals surface area (Å²) in [6.07, 6.45) is 3.46. The molecule has 1 saturated carbocycles. The van der Waals surface area contributed by atoms with E-state index in [1.54, 1.807) is 18.2 Å². The van der Waals surface area contributed by atoms with Crippen molar-refractivity contribution < 1.29 is 17.9 Å². The zero-order chi connectivity index (χ0) is 19.3. The molecule has 146 valence electrons. The van der Waals surface area contributed by atoms with Crippen LogP contribution in [-0.4, -0.2) is 31.3 Å². The Morgan fingerprint density at radius 3 is 2.70 bits per heavy atom. The van der Waals surface area contributed by atoms with E-state index in [0.717, 1.165) is 12.8 Å². The quantitative estimate of drug-likeness (QED) is 0.738. The Bertz CT molecular complexity index is 903. The van der Waals surface area contributed by atoms with Crippen LogP contribution in [0.5, 0.6) is 0 Å². The van der Waals surface area contributed by atoms with Crippen molar-refractivity contribution in [2.45, 2.75) is 57.5 Å². The van der Waals surface area contributed by atoms with Crippen molar-refractivity contribution in [3.05, 3.63) is 35.4 Å². The average molecular weight is 390 g/mol. The predicted octanol–water partition coefficient (Wildman–Crippen LogP) is 3.81. The van der Waals surface area contributed by atoms with Crippen LogP contribution in [0, 0.1) is 17.8 Å². The fourth-order valence-electron chi connectivity index (χ4n) is 4.79. The number of ether oxygens (including phenoxy) is 1. The van der Waals surface area contributed by atoms with Crippen LogP contribution in [0.3, 0.4) is 0 Å². The lowest BCUT2D eigenvalue weighted by atomic mass is 9.75. The van der Waals surface area contributed by atoms with Gasteiger partial charge in [-0.25, -0.2) is 13.2 Å². The number of esters is 1. The number of rotatable bonds is 3. The maximum absolute atomic E-state index is 13.1. The maximum atomic E-state index is 13.1. The Labute approximate surface area is 161 Å². The molecule has 1 aromatic carbocycles. The number of benzene rings is 1. The van der Waals surface area contributed by atoms with E-state index in [4.69, 9.17) is 4.74 Å². The highest BCUT2D eigenvalue weighted by Gasteiger charge is 2.45. The Balaban J connectivity index is 1.66. The molecular weight excluding hydrogens is 362 g/mol. The van der Waals surface area contributed by atoms with Crippen molar-refractivity contribution in [2.24, 2.45) is 17.8 Å². The van der Waals surface area contributed by atoms with E-state index in [-0.39, 0.29) is 17.0 Å². The summed E-state index contributed by atoms with van der Waals surface area (Å²) in [6.45, 7) is 6.88. The molecule has 0 bridgehead atoms. The number of hydrogen-bond donors (Lipinski definition) is 0. The number of carbonyl (C=O) groups excluding carboxylic acids is 1. The molecule has 2 aliphatic heterocycles. The minimum atomic E-state index is -3.55. The standard InChI is InChI=1S/C21H27NO4S/c1-13(2)15-9-8-14(3)12-18(15)26-21(23)17-10-11-22-20(17)16-6-4-5-7-19(16)27(22,24)25/h4-7,13-15,18H,8-12H2,1-3H3/t14-,15+,18+/m1/s1. The summed E-state index contributed by atoms with van der Waals surface area (Å²) in [6, 6.07) is 6.91. The number of sulfonamides is 1. The summed E-state index contributed by atoms with van der Waals surface area (Å²) >= 11 is 0. The molecule has 0 radical (unpaired) electrons. The minimum absolute atomic E-state index is 0.0864. The number of nitrogens with zero attached hydrogens (tertiary/aromatic N) is 1. The Hall–Kier alpha value is -1.82. The van der Waals surface area contributed by atoms with Gasteiger partial charge in [-0.2, -0.15) is 0 Å². The molecule has 27 heavy (non-hydrogen) atoms. The van der Waals surface area contributed by atoms with Crippen molar-refractivity contribution >= 4 is 21.7 Å². The second-order valence-corrected chi connectivity index (χ2v) is 10.3. The Morgan fingerprint density at radius 1 is 1.22 bits per heavy atom. The molecule has 5 nitrogen and oxygen atoms in total. The van der Waals surface area contributed by atoms with Crippen molar-refractivity contribution in [2.75, 3.05) is 6.54 Å². The van der Waals surface area contributed by atoms with Gasteiger partial charge in [-0.3, -0.25) is 4.31 Å². The van der Waals surface area contributed by atoms with Gasteiger partial charge in [0.1, 0.15) is 6.10 Å². The lowest BCUT2D eigenvalue weighted by Crippen LogP contribution is -2.36. The van der Waals surface area contributed by atoms with Crippen LogP contribution < -0.4 is 0 Å². The van der Waals surface area contributed by atoms with Gasteiger partial charge in [0.05, 0.1) is 16.2 Å². The number of hydrogen-bond acceptors (Lipinski definition) is 4. The molecule has 2 heterocycles. The first kappa shape index (κ1) is 18.5. The summed E-state index contributed by atoms with van der Waals surface area (Å²) < 4.78 is 32.9. The fraction of sp³-hybridized carbons (Fsp3) is 0.571. The van der Waals surface area contributed by atoms with E-state index in [2.05, 4.69) is 20.8 Å². The van der Waals surface area contributed by atoms with Gasteiger partial charge in [0.25, 0.3) is 10.0 Å². The molecule has 1 fully saturated rings. The second kappa shape index (κ2) is 6.66. The van der Waals surface area contributed by atoms with E-state index in [0.29, 0.717) is 47.6 Å². The first-order valence-corrected chi connectivity index (χ1v) is 11.3. The third-order valence-electron chi connectivity index (χ3n) is 6.28. The van der Waals surface area contributed by atoms with Gasteiger partial charge in [0.15, 0.2) is 0 Å². The van der Waals surface area contributed by atoms with Crippen molar-refractivity contribution in [3.8, 4) is 0 Å². The number of carbonyl (C=O) groups is 1. The minimum Gasteiger partial charge on any atom is -0.459 e. The van der Waals surface area contributed by atoms with E-state index in [9.17, 15) is 13.2 Å². The van der Waals surface area contributed by atoms with E-state index < -0.39 is 10.0 Å². The summed E-state index contributed by atoms with van der Waals surface area (Å²) in [4.78, 5) is 13.3. The molecule has 6 heteroatoms. The van der Waals surface area contributed by atoms with E-state index in [1.807, 2.05) is 6.07 Å². The molecule has 0 saturated heterocycles. The monoisotopic (exact) mass is 389 g/mol. The third-order valence-corrected chi connectivity index (χ3v) is 8.13. The molecule has 3 aliphatic rings. The zero-order valence-corrected chi connectivity index (χ0v) is 17.0. The van der Waals surface area contributed by atoms with Crippen molar-refractivity contribution in [1.82, 2.24) is 4.31 Å². The van der Waals surface area contributed by atoms with Crippen LogP contribution in [0.2, 0.25) is 0 Å². The normalized spacial score (nSPS) is 29.0. The van der Waals surface area contributed by atoms with E-state index in [1.165, 1.54) is 10.7 Å². The first-order valence-electron chi connectivity index (χ1n) is 9.87. The molecule has 0 unspecified atom stereocenters. The second-order valence-electron chi connectivity index (χ2n) is 8.42. The first-order chi connectivity index (χ1) is 12.8. The third kappa shape index (κ3) is 2.98. The molecule has 1 aliphatic carbocycles. The van der Waals surface area contributed by atoms with Crippen LogP contribution in [0.4, 0.5) is 0 Å². The molecule has 1 aromatic rings. The number of fused-ring (bicyclic) bond motifs is 3. The van der Waals surface area contributed by atoms with Gasteiger partial charge in [-0.05, 0) is 36.7 Å². The molecule has 0 spiro atoms. The van der Waals surface area contributed by atoms with Crippen LogP contribution in [-0.2, 0) is 19.6 Å². The lowest BCUT2D eigenvalue weighted by Gasteiger charge is -2.36. The van der Waals surface area contributed by atoms with Crippen LogP contribution >= 0.6 is 0 Å². The lowest BCUT2D eigenvalue weighted by molar-refractivity contribution is -0.151. The van der Waals surface area contributed by atoms with Crippen molar-refractivity contribution in [1.29, 1.82) is 0 Å². The Morgan fingerprint density at radius 2 is 1.96 bits per heavy atom. The van der Waals surface area contributed by atoms with Crippen LogP contribution in [0.25, 0.3) is 5.70 Å². The van der Waals surface area contributed by atoms with Gasteiger partial charge in [-0.15, -0.1) is 0 Å². The molecule has 3 atom stereocenters. The summed E-state index contributed by atoms with van der Waals surface area (Å²) in [5.41, 5.74) is 1.66. The topological polar surface area (TPSA) is 63.7 Å². The summed E-state index contributed by atoms with van der Waals surface area (Å²) in [7, 11) is -3.55. The van der Waals surface area contributed by atoms with Crippen LogP contribution in [0.15, 0.2) is 34.7 Å². The summed E-state index contributed by atoms with van der Waals surface area (Å²) in [5.74, 6) is 1.03. The molecular formula is C21H27NO4S. The highest BCUT2D eigenvalue weighted by atomic mass is 32.2. The smallest absolute Gasteiger partial charge is 0.336 e. The largest absolute Gasteiger partial charge is 0.459 e.